The van der Waals surface area contributed by atoms with E-state index in [0.717, 1.165) is 89.4 Å². The van der Waals surface area contributed by atoms with Gasteiger partial charge < -0.3 is 29.7 Å². The quantitative estimate of drug-likeness (QED) is 0.180. The third-order valence-corrected chi connectivity index (χ3v) is 9.41. The molecule has 2 aliphatic rings. The lowest BCUT2D eigenvalue weighted by atomic mass is 9.98. The summed E-state index contributed by atoms with van der Waals surface area (Å²) < 4.78 is 9.92. The number of rotatable bonds is 10. The second-order valence-electron chi connectivity index (χ2n) is 12.9. The summed E-state index contributed by atoms with van der Waals surface area (Å²) in [4.78, 5) is 41.8. The van der Waals surface area contributed by atoms with Crippen molar-refractivity contribution >= 4 is 56.3 Å². The molecule has 2 aliphatic heterocycles. The standard InChI is InChI=1S/C38H46N4O6/c1-19(43)13-27-23(5)30-15-29-21(3)25(9-11-37(45)47-7)33(39-29)18-34-26(10-12-38(46)48-8)22(4)31(40-34)16-35-28(14-20(2)44)24(6)32(42-35)17-36(27)41-30/h15-20,39-40,43-44H,9-14H2,1-8H3. The van der Waals surface area contributed by atoms with Crippen LogP contribution in [0.5, 0.6) is 0 Å². The Balaban J connectivity index is 1.91. The first-order valence-corrected chi connectivity index (χ1v) is 16.4. The number of carbonyl (C=O) groups excluding carboxylic acids is 2. The zero-order valence-corrected chi connectivity index (χ0v) is 29.1. The maximum absolute atomic E-state index is 12.2. The molecule has 10 nitrogen and oxygen atoms in total. The van der Waals surface area contributed by atoms with Gasteiger partial charge in [0.1, 0.15) is 0 Å². The van der Waals surface area contributed by atoms with Crippen LogP contribution >= 0.6 is 0 Å². The molecule has 0 amide bonds. The fourth-order valence-electron chi connectivity index (χ4n) is 6.62. The Morgan fingerprint density at radius 3 is 1.46 bits per heavy atom. The molecule has 2 atom stereocenters. The summed E-state index contributed by atoms with van der Waals surface area (Å²) in [6, 6.07) is 8.04. The van der Waals surface area contributed by atoms with Gasteiger partial charge in [0.25, 0.3) is 0 Å². The molecule has 0 fully saturated rings. The van der Waals surface area contributed by atoms with Gasteiger partial charge in [0.2, 0.25) is 0 Å². The predicted molar refractivity (Wildman–Crippen MR) is 189 cm³/mol. The van der Waals surface area contributed by atoms with Gasteiger partial charge in [-0.3, -0.25) is 9.59 Å². The average molecular weight is 655 g/mol. The molecule has 4 N–H and O–H groups in total. The van der Waals surface area contributed by atoms with Crippen LogP contribution in [0.15, 0.2) is 24.3 Å². The predicted octanol–water partition coefficient (Wildman–Crippen LogP) is 6.55. The minimum absolute atomic E-state index is 0.215. The van der Waals surface area contributed by atoms with Gasteiger partial charge in [0, 0.05) is 47.8 Å². The maximum atomic E-state index is 12.2. The van der Waals surface area contributed by atoms with Crippen molar-refractivity contribution in [3.63, 3.8) is 0 Å². The number of nitrogens with one attached hydrogen (secondary N) is 2. The van der Waals surface area contributed by atoms with E-state index in [9.17, 15) is 19.8 Å². The minimum atomic E-state index is -0.578. The summed E-state index contributed by atoms with van der Waals surface area (Å²) in [5.74, 6) is -0.589. The van der Waals surface area contributed by atoms with Crippen molar-refractivity contribution < 1.29 is 29.3 Å². The summed E-state index contributed by atoms with van der Waals surface area (Å²) in [5, 5.41) is 20.9. The molecule has 0 aromatic carbocycles. The summed E-state index contributed by atoms with van der Waals surface area (Å²) in [5.41, 5.74) is 14.1. The van der Waals surface area contributed by atoms with Crippen molar-refractivity contribution in [2.45, 2.75) is 92.3 Å². The number of aliphatic hydroxyl groups is 2. The number of allylic oxidation sites excluding steroid dienone is 2. The number of methoxy groups -OCH3 is 2. The smallest absolute Gasteiger partial charge is 0.305 e. The molecule has 3 aromatic rings. The van der Waals surface area contributed by atoms with Gasteiger partial charge in [-0.15, -0.1) is 0 Å². The first kappa shape index (κ1) is 34.8. The van der Waals surface area contributed by atoms with Crippen LogP contribution in [-0.4, -0.2) is 68.5 Å². The molecule has 0 spiro atoms. The number of nitrogens with zero attached hydrogens (tertiary/aromatic N) is 2. The number of hydrogen-bond donors (Lipinski definition) is 4. The number of hydrogen-bond acceptors (Lipinski definition) is 8. The number of H-pyrrole nitrogens is 2. The molecule has 0 radical (unpaired) electrons. The first-order chi connectivity index (χ1) is 22.8. The van der Waals surface area contributed by atoms with Crippen LogP contribution in [0.4, 0.5) is 0 Å². The van der Waals surface area contributed by atoms with Crippen molar-refractivity contribution in [2.24, 2.45) is 0 Å². The lowest BCUT2D eigenvalue weighted by Crippen LogP contribution is -2.02. The van der Waals surface area contributed by atoms with E-state index in [4.69, 9.17) is 19.4 Å². The Labute approximate surface area is 281 Å². The molecule has 2 unspecified atom stereocenters. The van der Waals surface area contributed by atoms with E-state index in [1.807, 2.05) is 52.0 Å². The number of carbonyl (C=O) groups is 2. The largest absolute Gasteiger partial charge is 0.469 e. The van der Waals surface area contributed by atoms with E-state index in [2.05, 4.69) is 9.97 Å². The first-order valence-electron chi connectivity index (χ1n) is 16.4. The Hall–Kier alpha value is -4.54. The molecular weight excluding hydrogens is 608 g/mol. The number of esters is 2. The Kier molecular flexibility index (Phi) is 10.4. The highest BCUT2D eigenvalue weighted by Crippen LogP contribution is 2.38. The van der Waals surface area contributed by atoms with Crippen molar-refractivity contribution in [2.75, 3.05) is 14.2 Å². The van der Waals surface area contributed by atoms with E-state index >= 15 is 0 Å². The van der Waals surface area contributed by atoms with Crippen molar-refractivity contribution in [1.29, 1.82) is 0 Å². The topological polar surface area (TPSA) is 150 Å². The number of aliphatic hydroxyl groups excluding tert-OH is 2. The lowest BCUT2D eigenvalue weighted by Gasteiger charge is -2.08. The molecule has 10 heteroatoms. The fourth-order valence-corrected chi connectivity index (χ4v) is 6.62. The van der Waals surface area contributed by atoms with E-state index in [1.54, 1.807) is 13.8 Å². The number of aromatic amines is 2. The summed E-state index contributed by atoms with van der Waals surface area (Å²) in [6.07, 6.45) is 1.07. The molecule has 5 heterocycles. The van der Waals surface area contributed by atoms with E-state index in [0.29, 0.717) is 25.7 Å². The van der Waals surface area contributed by atoms with Gasteiger partial charge in [-0.1, -0.05) is 0 Å². The van der Waals surface area contributed by atoms with Gasteiger partial charge in [0.15, 0.2) is 0 Å². The summed E-state index contributed by atoms with van der Waals surface area (Å²) in [7, 11) is 2.78. The number of ether oxygens (including phenoxy) is 2. The highest BCUT2D eigenvalue weighted by Gasteiger charge is 2.23. The van der Waals surface area contributed by atoms with Gasteiger partial charge in [-0.05, 0) is 123 Å². The monoisotopic (exact) mass is 654 g/mol. The molecule has 0 aliphatic carbocycles. The highest BCUT2D eigenvalue weighted by atomic mass is 16.5. The van der Waals surface area contributed by atoms with E-state index in [-0.39, 0.29) is 24.8 Å². The zero-order valence-electron chi connectivity index (χ0n) is 29.1. The van der Waals surface area contributed by atoms with Gasteiger partial charge in [-0.25, -0.2) is 9.97 Å². The highest BCUT2D eigenvalue weighted by molar-refractivity contribution is 5.95. The van der Waals surface area contributed by atoms with Crippen molar-refractivity contribution in [3.8, 4) is 0 Å². The minimum Gasteiger partial charge on any atom is -0.469 e. The van der Waals surface area contributed by atoms with Crippen LogP contribution in [0, 0.1) is 13.8 Å². The van der Waals surface area contributed by atoms with Gasteiger partial charge in [0.05, 0.1) is 49.2 Å². The van der Waals surface area contributed by atoms with Crippen LogP contribution < -0.4 is 0 Å². The zero-order chi connectivity index (χ0) is 34.9. The average Bonchev–Trinajstić information content (AvgIpc) is 3.69. The Morgan fingerprint density at radius 2 is 1.04 bits per heavy atom. The molecule has 3 aromatic heterocycles. The summed E-state index contributed by atoms with van der Waals surface area (Å²) >= 11 is 0. The van der Waals surface area contributed by atoms with Gasteiger partial charge in [-0.2, -0.15) is 0 Å². The number of fused-ring (bicyclic) bond motifs is 8. The SMILES string of the molecule is COC(=O)CCc1c(C)c2cc3nc(cc4nc(cc5[nH]c(cc1[nH]2)c(CCC(=O)OC)c5C)C(CC(C)O)=C4C)C(CC(C)O)=C3C. The van der Waals surface area contributed by atoms with Crippen LogP contribution in [0.25, 0.3) is 44.4 Å². The van der Waals surface area contributed by atoms with Crippen LogP contribution in [-0.2, 0) is 31.9 Å². The van der Waals surface area contributed by atoms with Crippen LogP contribution in [0.3, 0.4) is 0 Å². The second-order valence-corrected chi connectivity index (χ2v) is 12.9. The van der Waals surface area contributed by atoms with Crippen LogP contribution in [0.2, 0.25) is 0 Å². The maximum Gasteiger partial charge on any atom is 0.305 e. The normalized spacial score (nSPS) is 14.4. The molecule has 0 saturated heterocycles. The number of aryl methyl sites for hydroxylation is 4. The van der Waals surface area contributed by atoms with Gasteiger partial charge >= 0.3 is 11.9 Å². The third-order valence-electron chi connectivity index (χ3n) is 9.41. The fraction of sp³-hybridized carbons (Fsp3) is 0.421. The van der Waals surface area contributed by atoms with Crippen LogP contribution in [0.1, 0.15) is 98.4 Å². The number of aromatic nitrogens is 4. The molecule has 254 valence electrons. The van der Waals surface area contributed by atoms with Crippen molar-refractivity contribution in [1.82, 2.24) is 19.9 Å². The Morgan fingerprint density at radius 1 is 0.646 bits per heavy atom. The molecule has 0 saturated carbocycles. The lowest BCUT2D eigenvalue weighted by molar-refractivity contribution is -0.141. The van der Waals surface area contributed by atoms with Crippen molar-refractivity contribution in [3.05, 3.63) is 69.3 Å². The third kappa shape index (κ3) is 7.15. The molecular formula is C38H46N4O6. The molecule has 5 rings (SSSR count). The molecule has 8 bridgehead atoms. The van der Waals surface area contributed by atoms with E-state index < -0.39 is 12.2 Å². The Bertz CT molecular complexity index is 1990. The second kappa shape index (κ2) is 14.3. The van der Waals surface area contributed by atoms with E-state index in [1.165, 1.54) is 14.2 Å². The summed E-state index contributed by atoms with van der Waals surface area (Å²) in [6.45, 7) is 11.6. The molecule has 48 heavy (non-hydrogen) atoms.